The van der Waals surface area contributed by atoms with E-state index in [1.807, 2.05) is 0 Å². The Balaban J connectivity index is 1.80. The van der Waals surface area contributed by atoms with Gasteiger partial charge < -0.3 is 10.6 Å². The van der Waals surface area contributed by atoms with Crippen LogP contribution in [-0.2, 0) is 4.79 Å². The van der Waals surface area contributed by atoms with E-state index in [2.05, 4.69) is 20.8 Å². The van der Waals surface area contributed by atoms with E-state index in [1.165, 1.54) is 12.1 Å². The molecule has 0 aliphatic carbocycles. The molecule has 2 heterocycles. The quantitative estimate of drug-likeness (QED) is 0.770. The van der Waals surface area contributed by atoms with E-state index in [9.17, 15) is 9.18 Å². The van der Waals surface area contributed by atoms with E-state index in [-0.39, 0.29) is 17.6 Å². The van der Waals surface area contributed by atoms with Crippen LogP contribution in [0.3, 0.4) is 0 Å². The van der Waals surface area contributed by atoms with E-state index in [0.717, 1.165) is 25.9 Å². The summed E-state index contributed by atoms with van der Waals surface area (Å²) in [6.07, 6.45) is 1.64. The van der Waals surface area contributed by atoms with E-state index in [0.29, 0.717) is 16.7 Å². The standard InChI is InChI=1S/C13H15FN4O/c14-9-1-2-11-10(7-9)12(18-17-11)16-13(19)8-3-5-15-6-4-8/h1-2,7-8,15H,3-6H2,(H2,16,17,18,19). The number of halogens is 1. The number of benzene rings is 1. The fourth-order valence-electron chi connectivity index (χ4n) is 2.38. The normalized spacial score (nSPS) is 16.7. The summed E-state index contributed by atoms with van der Waals surface area (Å²) in [5.74, 6) is 0.0185. The summed E-state index contributed by atoms with van der Waals surface area (Å²) in [6, 6.07) is 4.34. The highest BCUT2D eigenvalue weighted by Crippen LogP contribution is 2.22. The molecule has 3 rings (SSSR count). The van der Waals surface area contributed by atoms with Gasteiger partial charge in [0.2, 0.25) is 5.91 Å². The molecule has 100 valence electrons. The minimum atomic E-state index is -0.341. The zero-order valence-electron chi connectivity index (χ0n) is 10.4. The maximum absolute atomic E-state index is 13.2. The minimum Gasteiger partial charge on any atom is -0.317 e. The number of amides is 1. The number of piperidine rings is 1. The SMILES string of the molecule is O=C(Nc1n[nH]c2ccc(F)cc12)C1CCNCC1. The zero-order chi connectivity index (χ0) is 13.2. The number of nitrogens with one attached hydrogen (secondary N) is 3. The first-order valence-corrected chi connectivity index (χ1v) is 6.39. The molecule has 5 nitrogen and oxygen atoms in total. The minimum absolute atomic E-state index is 0.00144. The molecule has 1 aliphatic heterocycles. The molecule has 1 aliphatic rings. The average Bonchev–Trinajstić information content (AvgIpc) is 2.82. The van der Waals surface area contributed by atoms with Gasteiger partial charge in [-0.2, -0.15) is 5.10 Å². The smallest absolute Gasteiger partial charge is 0.228 e. The molecule has 19 heavy (non-hydrogen) atoms. The summed E-state index contributed by atoms with van der Waals surface area (Å²) >= 11 is 0. The van der Waals surface area contributed by atoms with Crippen molar-refractivity contribution < 1.29 is 9.18 Å². The maximum Gasteiger partial charge on any atom is 0.228 e. The Morgan fingerprint density at radius 3 is 2.95 bits per heavy atom. The van der Waals surface area contributed by atoms with Gasteiger partial charge in [0, 0.05) is 11.3 Å². The van der Waals surface area contributed by atoms with Crippen molar-refractivity contribution in [2.45, 2.75) is 12.8 Å². The van der Waals surface area contributed by atoms with E-state index < -0.39 is 0 Å². The molecule has 0 radical (unpaired) electrons. The van der Waals surface area contributed by atoms with Gasteiger partial charge in [0.1, 0.15) is 5.82 Å². The van der Waals surface area contributed by atoms with E-state index in [1.54, 1.807) is 6.07 Å². The highest BCUT2D eigenvalue weighted by atomic mass is 19.1. The molecule has 0 bridgehead atoms. The van der Waals surface area contributed by atoms with Crippen molar-refractivity contribution in [2.24, 2.45) is 5.92 Å². The van der Waals surface area contributed by atoms with Gasteiger partial charge in [-0.1, -0.05) is 0 Å². The molecule has 1 fully saturated rings. The molecule has 1 amide bonds. The predicted octanol–water partition coefficient (Wildman–Crippen LogP) is 1.64. The number of nitrogens with zero attached hydrogens (tertiary/aromatic N) is 1. The fraction of sp³-hybridized carbons (Fsp3) is 0.385. The number of aromatic amines is 1. The first-order chi connectivity index (χ1) is 9.24. The van der Waals surface area contributed by atoms with Crippen molar-refractivity contribution in [1.82, 2.24) is 15.5 Å². The van der Waals surface area contributed by atoms with Gasteiger partial charge in [0.25, 0.3) is 0 Å². The lowest BCUT2D eigenvalue weighted by atomic mass is 9.97. The van der Waals surface area contributed by atoms with Crippen molar-refractivity contribution >= 4 is 22.6 Å². The van der Waals surface area contributed by atoms with Gasteiger partial charge >= 0.3 is 0 Å². The van der Waals surface area contributed by atoms with Gasteiger partial charge in [-0.15, -0.1) is 0 Å². The molecule has 0 saturated carbocycles. The fourth-order valence-corrected chi connectivity index (χ4v) is 2.38. The average molecular weight is 262 g/mol. The lowest BCUT2D eigenvalue weighted by molar-refractivity contribution is -0.120. The second-order valence-electron chi connectivity index (χ2n) is 4.78. The Morgan fingerprint density at radius 2 is 2.16 bits per heavy atom. The van der Waals surface area contributed by atoms with Crippen LogP contribution < -0.4 is 10.6 Å². The van der Waals surface area contributed by atoms with Crippen LogP contribution >= 0.6 is 0 Å². The molecule has 6 heteroatoms. The zero-order valence-corrected chi connectivity index (χ0v) is 10.4. The van der Waals surface area contributed by atoms with Crippen molar-refractivity contribution in [3.63, 3.8) is 0 Å². The van der Waals surface area contributed by atoms with Gasteiger partial charge in [-0.05, 0) is 44.1 Å². The number of hydrogen-bond donors (Lipinski definition) is 3. The third kappa shape index (κ3) is 2.44. The molecule has 1 saturated heterocycles. The molecule has 2 aromatic rings. The number of carbonyl (C=O) groups excluding carboxylic acids is 1. The molecule has 3 N–H and O–H groups in total. The summed E-state index contributed by atoms with van der Waals surface area (Å²) in [7, 11) is 0. The molecule has 0 unspecified atom stereocenters. The summed E-state index contributed by atoms with van der Waals surface area (Å²) in [5, 5.41) is 13.4. The van der Waals surface area contributed by atoms with Crippen LogP contribution in [0.4, 0.5) is 10.2 Å². The Morgan fingerprint density at radius 1 is 1.37 bits per heavy atom. The molecular formula is C13H15FN4O. The van der Waals surface area contributed by atoms with Crippen molar-refractivity contribution in [3.05, 3.63) is 24.0 Å². The maximum atomic E-state index is 13.2. The van der Waals surface area contributed by atoms with E-state index in [4.69, 9.17) is 0 Å². The number of H-pyrrole nitrogens is 1. The summed E-state index contributed by atoms with van der Waals surface area (Å²) in [5.41, 5.74) is 0.710. The van der Waals surface area contributed by atoms with Crippen molar-refractivity contribution in [1.29, 1.82) is 0 Å². The number of anilines is 1. The molecule has 1 aromatic heterocycles. The van der Waals surface area contributed by atoms with Crippen LogP contribution in [0.2, 0.25) is 0 Å². The Bertz CT molecular complexity index is 604. The van der Waals surface area contributed by atoms with Crippen LogP contribution in [0.25, 0.3) is 10.9 Å². The van der Waals surface area contributed by atoms with Crippen molar-refractivity contribution in [2.75, 3.05) is 18.4 Å². The van der Waals surface area contributed by atoms with Gasteiger partial charge in [0.05, 0.1) is 5.52 Å². The second-order valence-corrected chi connectivity index (χ2v) is 4.78. The van der Waals surface area contributed by atoms with Crippen LogP contribution in [0, 0.1) is 11.7 Å². The number of fused-ring (bicyclic) bond motifs is 1. The largest absolute Gasteiger partial charge is 0.317 e. The lowest BCUT2D eigenvalue weighted by Gasteiger charge is -2.21. The molecular weight excluding hydrogens is 247 g/mol. The number of carbonyl (C=O) groups is 1. The van der Waals surface area contributed by atoms with Crippen LogP contribution in [0.5, 0.6) is 0 Å². The van der Waals surface area contributed by atoms with Gasteiger partial charge in [0.15, 0.2) is 5.82 Å². The number of rotatable bonds is 2. The van der Waals surface area contributed by atoms with Crippen LogP contribution in [-0.4, -0.2) is 29.2 Å². The third-order valence-electron chi connectivity index (χ3n) is 3.48. The molecule has 0 spiro atoms. The third-order valence-corrected chi connectivity index (χ3v) is 3.48. The number of aromatic nitrogens is 2. The monoisotopic (exact) mass is 262 g/mol. The Labute approximate surface area is 109 Å². The van der Waals surface area contributed by atoms with Crippen LogP contribution in [0.1, 0.15) is 12.8 Å². The predicted molar refractivity (Wildman–Crippen MR) is 70.3 cm³/mol. The molecule has 0 atom stereocenters. The van der Waals surface area contributed by atoms with E-state index >= 15 is 0 Å². The Hall–Kier alpha value is -1.95. The Kier molecular flexibility index (Phi) is 3.16. The highest BCUT2D eigenvalue weighted by Gasteiger charge is 2.22. The second kappa shape index (κ2) is 4.97. The van der Waals surface area contributed by atoms with Gasteiger partial charge in [-0.3, -0.25) is 9.89 Å². The summed E-state index contributed by atoms with van der Waals surface area (Å²) in [6.45, 7) is 1.71. The van der Waals surface area contributed by atoms with Gasteiger partial charge in [-0.25, -0.2) is 4.39 Å². The first kappa shape index (κ1) is 12.1. The first-order valence-electron chi connectivity index (χ1n) is 6.39. The molecule has 1 aromatic carbocycles. The van der Waals surface area contributed by atoms with Crippen molar-refractivity contribution in [3.8, 4) is 0 Å². The lowest BCUT2D eigenvalue weighted by Crippen LogP contribution is -2.34. The highest BCUT2D eigenvalue weighted by molar-refractivity contribution is 6.00. The summed E-state index contributed by atoms with van der Waals surface area (Å²) in [4.78, 5) is 12.1. The van der Waals surface area contributed by atoms with Crippen LogP contribution in [0.15, 0.2) is 18.2 Å². The topological polar surface area (TPSA) is 69.8 Å². The summed E-state index contributed by atoms with van der Waals surface area (Å²) < 4.78 is 13.2. The number of hydrogen-bond acceptors (Lipinski definition) is 3.